The predicted molar refractivity (Wildman–Crippen MR) is 121 cm³/mol. The van der Waals surface area contributed by atoms with Crippen molar-refractivity contribution in [3.8, 4) is 22.5 Å². The molecule has 4 aromatic heterocycles. The van der Waals surface area contributed by atoms with Crippen LogP contribution in [-0.4, -0.2) is 41.2 Å². The van der Waals surface area contributed by atoms with Gasteiger partial charge in [0, 0.05) is 35.5 Å². The molecule has 1 aliphatic carbocycles. The van der Waals surface area contributed by atoms with E-state index in [2.05, 4.69) is 20.5 Å². The van der Waals surface area contributed by atoms with Crippen molar-refractivity contribution in [3.63, 3.8) is 0 Å². The fourth-order valence-corrected chi connectivity index (χ4v) is 4.87. The number of nitrogens with zero attached hydrogens (tertiary/aromatic N) is 5. The largest absolute Gasteiger partial charge is 0.465 e. The lowest BCUT2D eigenvalue weighted by Gasteiger charge is -2.27. The van der Waals surface area contributed by atoms with Crippen molar-refractivity contribution in [2.45, 2.75) is 37.6 Å². The maximum absolute atomic E-state index is 13.5. The second-order valence-corrected chi connectivity index (χ2v) is 8.57. The Kier molecular flexibility index (Phi) is 4.79. The Hall–Kier alpha value is -4.21. The van der Waals surface area contributed by atoms with Gasteiger partial charge in [0.05, 0.1) is 5.69 Å². The fraction of sp³-hybridized carbons (Fsp3) is 0.250. The molecule has 34 heavy (non-hydrogen) atoms. The molecular formula is C24H21FN6O3. The summed E-state index contributed by atoms with van der Waals surface area (Å²) < 4.78 is 22.9. The lowest BCUT2D eigenvalue weighted by Crippen LogP contribution is -2.36. The van der Waals surface area contributed by atoms with Gasteiger partial charge in [0.15, 0.2) is 5.65 Å². The van der Waals surface area contributed by atoms with Crippen LogP contribution in [0.2, 0.25) is 0 Å². The lowest BCUT2D eigenvalue weighted by atomic mass is 9.85. The van der Waals surface area contributed by atoms with E-state index in [0.29, 0.717) is 11.5 Å². The van der Waals surface area contributed by atoms with Crippen molar-refractivity contribution in [2.24, 2.45) is 0 Å². The summed E-state index contributed by atoms with van der Waals surface area (Å²) in [6.45, 7) is 0. The topological polar surface area (TPSA) is 110 Å². The number of fused-ring (bicyclic) bond motifs is 2. The lowest BCUT2D eigenvalue weighted by molar-refractivity contribution is 0.184. The number of pyridine rings is 1. The van der Waals surface area contributed by atoms with E-state index in [9.17, 15) is 9.18 Å². The zero-order chi connectivity index (χ0) is 23.2. The van der Waals surface area contributed by atoms with Crippen LogP contribution in [0, 0.1) is 5.82 Å². The Morgan fingerprint density at radius 2 is 1.79 bits per heavy atom. The number of amides is 1. The van der Waals surface area contributed by atoms with Crippen LogP contribution in [0.5, 0.6) is 0 Å². The van der Waals surface area contributed by atoms with Crippen molar-refractivity contribution in [1.29, 1.82) is 0 Å². The number of nitrogens with one attached hydrogen (secondary N) is 1. The van der Waals surface area contributed by atoms with Gasteiger partial charge in [-0.25, -0.2) is 9.18 Å². The summed E-state index contributed by atoms with van der Waals surface area (Å²) in [5.74, 6) is 1.19. The molecule has 172 valence electrons. The third kappa shape index (κ3) is 3.47. The minimum absolute atomic E-state index is 0.0251. The number of hydrogen-bond donors (Lipinski definition) is 2. The molecule has 1 saturated carbocycles. The Bertz CT molecular complexity index is 1490. The minimum Gasteiger partial charge on any atom is -0.465 e. The second-order valence-electron chi connectivity index (χ2n) is 8.57. The highest BCUT2D eigenvalue weighted by Gasteiger charge is 2.27. The van der Waals surface area contributed by atoms with Crippen LogP contribution < -0.4 is 5.32 Å². The van der Waals surface area contributed by atoms with Gasteiger partial charge in [-0.3, -0.25) is 8.80 Å². The van der Waals surface area contributed by atoms with Crippen LogP contribution in [0.25, 0.3) is 34.0 Å². The fourth-order valence-electron chi connectivity index (χ4n) is 4.87. The number of aromatic nitrogens is 5. The summed E-state index contributed by atoms with van der Waals surface area (Å²) >= 11 is 0. The molecule has 0 radical (unpaired) electrons. The number of oxazole rings is 1. The SMILES string of the molecule is O=C(O)NC1CCC(c2nnc3ccc(-c4c(-c5ccc(F)cc5)nc5occn45)cn23)CC1. The highest BCUT2D eigenvalue weighted by atomic mass is 19.1. The molecule has 0 unspecified atom stereocenters. The van der Waals surface area contributed by atoms with Gasteiger partial charge in [-0.2, -0.15) is 4.98 Å². The average Bonchev–Trinajstić information content (AvgIpc) is 3.54. The molecule has 10 heteroatoms. The van der Waals surface area contributed by atoms with Crippen molar-refractivity contribution in [3.05, 3.63) is 66.7 Å². The van der Waals surface area contributed by atoms with E-state index in [4.69, 9.17) is 9.52 Å². The van der Waals surface area contributed by atoms with Gasteiger partial charge in [0.1, 0.15) is 23.6 Å². The third-order valence-corrected chi connectivity index (χ3v) is 6.50. The smallest absolute Gasteiger partial charge is 0.404 e. The van der Waals surface area contributed by atoms with E-state index in [1.54, 1.807) is 24.6 Å². The second kappa shape index (κ2) is 7.98. The van der Waals surface area contributed by atoms with Crippen LogP contribution in [0.4, 0.5) is 9.18 Å². The molecule has 1 aliphatic rings. The number of benzene rings is 1. The van der Waals surface area contributed by atoms with Gasteiger partial charge in [-0.1, -0.05) is 0 Å². The molecule has 0 saturated heterocycles. The summed E-state index contributed by atoms with van der Waals surface area (Å²) in [7, 11) is 0. The Balaban J connectivity index is 1.40. The number of hydrogen-bond acceptors (Lipinski definition) is 5. The third-order valence-electron chi connectivity index (χ3n) is 6.50. The van der Waals surface area contributed by atoms with E-state index in [-0.39, 0.29) is 17.8 Å². The first-order valence-electron chi connectivity index (χ1n) is 11.1. The average molecular weight is 460 g/mol. The molecule has 6 rings (SSSR count). The van der Waals surface area contributed by atoms with Crippen LogP contribution in [0.1, 0.15) is 37.4 Å². The first kappa shape index (κ1) is 20.4. The standard InChI is InChI=1S/C24H21FN6O3/c25-17-6-1-14(2-7-17)20-21(30-11-12-34-23(30)27-20)16-5-10-19-28-29-22(31(19)13-16)15-3-8-18(9-4-15)26-24(32)33/h1-2,5-7,10-13,15,18,26H,3-4,8-9H2,(H,32,33). The van der Waals surface area contributed by atoms with E-state index < -0.39 is 6.09 Å². The van der Waals surface area contributed by atoms with E-state index in [1.165, 1.54) is 12.1 Å². The molecule has 0 aliphatic heterocycles. The van der Waals surface area contributed by atoms with E-state index in [1.807, 2.05) is 27.1 Å². The maximum atomic E-state index is 13.5. The quantitative estimate of drug-likeness (QED) is 0.401. The van der Waals surface area contributed by atoms with E-state index in [0.717, 1.165) is 54.0 Å². The predicted octanol–water partition coefficient (Wildman–Crippen LogP) is 4.74. The van der Waals surface area contributed by atoms with Crippen molar-refractivity contribution < 1.29 is 18.7 Å². The molecule has 5 aromatic rings. The van der Waals surface area contributed by atoms with Crippen molar-refractivity contribution >= 4 is 17.6 Å². The molecule has 0 bridgehead atoms. The molecule has 0 spiro atoms. The number of halogens is 1. The first-order valence-corrected chi connectivity index (χ1v) is 11.1. The number of rotatable bonds is 4. The molecule has 2 N–H and O–H groups in total. The van der Waals surface area contributed by atoms with Crippen LogP contribution in [0.3, 0.4) is 0 Å². The van der Waals surface area contributed by atoms with Gasteiger partial charge in [0.2, 0.25) is 0 Å². The molecular weight excluding hydrogens is 439 g/mol. The molecule has 1 amide bonds. The molecule has 1 fully saturated rings. The van der Waals surface area contributed by atoms with Gasteiger partial charge in [0.25, 0.3) is 0 Å². The van der Waals surface area contributed by atoms with Crippen LogP contribution in [0.15, 0.2) is 59.5 Å². The van der Waals surface area contributed by atoms with Crippen molar-refractivity contribution in [1.82, 2.24) is 29.3 Å². The highest BCUT2D eigenvalue weighted by Crippen LogP contribution is 2.35. The Labute approximate surface area is 192 Å². The first-order chi connectivity index (χ1) is 16.6. The van der Waals surface area contributed by atoms with E-state index >= 15 is 0 Å². The van der Waals surface area contributed by atoms with Gasteiger partial charge >= 0.3 is 11.9 Å². The monoisotopic (exact) mass is 460 g/mol. The van der Waals surface area contributed by atoms with Gasteiger partial charge in [-0.05, 0) is 62.1 Å². The molecule has 9 nitrogen and oxygen atoms in total. The summed E-state index contributed by atoms with van der Waals surface area (Å²) in [6.07, 6.45) is 7.58. The highest BCUT2D eigenvalue weighted by molar-refractivity contribution is 5.81. The molecule has 0 atom stereocenters. The summed E-state index contributed by atoms with van der Waals surface area (Å²) in [5, 5.41) is 20.4. The Morgan fingerprint density at radius 3 is 2.56 bits per heavy atom. The minimum atomic E-state index is -0.982. The van der Waals surface area contributed by atoms with Gasteiger partial charge in [-0.15, -0.1) is 10.2 Å². The number of imidazole rings is 1. The molecule has 1 aromatic carbocycles. The van der Waals surface area contributed by atoms with Crippen molar-refractivity contribution in [2.75, 3.05) is 0 Å². The zero-order valence-electron chi connectivity index (χ0n) is 18.1. The summed E-state index contributed by atoms with van der Waals surface area (Å²) in [4.78, 5) is 15.6. The molecule has 4 heterocycles. The van der Waals surface area contributed by atoms with Crippen LogP contribution >= 0.6 is 0 Å². The number of carbonyl (C=O) groups is 1. The maximum Gasteiger partial charge on any atom is 0.404 e. The summed E-state index contributed by atoms with van der Waals surface area (Å²) in [5.41, 5.74) is 3.92. The number of carboxylic acid groups (broad SMARTS) is 1. The van der Waals surface area contributed by atoms with Crippen LogP contribution in [-0.2, 0) is 0 Å². The van der Waals surface area contributed by atoms with Gasteiger partial charge < -0.3 is 14.8 Å². The summed E-state index contributed by atoms with van der Waals surface area (Å²) in [6, 6.07) is 10.1. The Morgan fingerprint density at radius 1 is 1.03 bits per heavy atom. The normalized spacial score (nSPS) is 18.5. The zero-order valence-corrected chi connectivity index (χ0v) is 18.1.